The van der Waals surface area contributed by atoms with Gasteiger partial charge in [-0.3, -0.25) is 0 Å². The second kappa shape index (κ2) is 15.9. The first-order valence-corrected chi connectivity index (χ1v) is 14.1. The van der Waals surface area contributed by atoms with E-state index in [-0.39, 0.29) is 19.3 Å². The van der Waals surface area contributed by atoms with Gasteiger partial charge in [0.1, 0.15) is 22.5 Å². The summed E-state index contributed by atoms with van der Waals surface area (Å²) in [5, 5.41) is 48.5. The molecule has 0 fully saturated rings. The van der Waals surface area contributed by atoms with E-state index in [9.17, 15) is 20.4 Å². The van der Waals surface area contributed by atoms with Gasteiger partial charge in [0.2, 0.25) is 0 Å². The molecule has 3 aromatic rings. The molecule has 0 aliphatic carbocycles. The second-order valence-corrected chi connectivity index (χ2v) is 9.87. The fourth-order valence-electron chi connectivity index (χ4n) is 5.21. The van der Waals surface area contributed by atoms with Gasteiger partial charge in [0.25, 0.3) is 0 Å². The van der Waals surface area contributed by atoms with Crippen molar-refractivity contribution < 1.29 is 29.6 Å². The summed E-state index contributed by atoms with van der Waals surface area (Å²) in [4.78, 5) is 0. The average Bonchev–Trinajstić information content (AvgIpc) is 3.46. The zero-order chi connectivity index (χ0) is 29.8. The molecule has 1 aromatic heterocycles. The molecule has 0 spiro atoms. The topological polar surface area (TPSA) is 127 Å². The van der Waals surface area contributed by atoms with E-state index in [1.54, 1.807) is 19.4 Å². The molecule has 8 nitrogen and oxygen atoms in total. The fraction of sp³-hybridized carbons (Fsp3) is 0.500. The van der Waals surface area contributed by atoms with Crippen molar-refractivity contribution in [1.29, 1.82) is 0 Å². The van der Waals surface area contributed by atoms with Gasteiger partial charge in [-0.25, -0.2) is 0 Å². The van der Waals surface area contributed by atoms with Crippen LogP contribution in [0.3, 0.4) is 0 Å². The van der Waals surface area contributed by atoms with Gasteiger partial charge in [0.05, 0.1) is 38.7 Å². The lowest BCUT2D eigenvalue weighted by Crippen LogP contribution is -2.51. The van der Waals surface area contributed by atoms with Crippen LogP contribution in [0.2, 0.25) is 0 Å². The predicted molar refractivity (Wildman–Crippen MR) is 161 cm³/mol. The van der Waals surface area contributed by atoms with Crippen molar-refractivity contribution in [1.82, 2.24) is 10.6 Å². The maximum atomic E-state index is 11.2. The maximum absolute atomic E-state index is 11.2. The molecule has 3 rings (SSSR count). The number of fused-ring (bicyclic) bond motifs is 1. The van der Waals surface area contributed by atoms with Crippen LogP contribution in [0.4, 0.5) is 0 Å². The molecule has 40 heavy (non-hydrogen) atoms. The number of hydrogen-bond donors (Lipinski definition) is 6. The molecule has 0 bridgehead atoms. The standard InChI is InChI=1S/C17H27NO3.C15H21NO3/c1-5-10-17(20,16(12-19)18-7-3)14-8-9-15(21-4)13(6-2)11-14;1-3-15(18,14(10-17)16-4-2)12-5-6-13-11(9-12)7-8-19-13/h6,8-9,11,16,18-20H,2,5,7,10,12H2,1,3-4H3;5-9,14,16-18H,3-4,10H2,1-2H3. The van der Waals surface area contributed by atoms with E-state index < -0.39 is 17.2 Å². The molecule has 0 saturated carbocycles. The van der Waals surface area contributed by atoms with Crippen LogP contribution in [-0.4, -0.2) is 65.9 Å². The highest BCUT2D eigenvalue weighted by atomic mass is 16.5. The first kappa shape index (κ1) is 33.5. The number of nitrogens with one attached hydrogen (secondary N) is 2. The van der Waals surface area contributed by atoms with Gasteiger partial charge < -0.3 is 40.2 Å². The van der Waals surface area contributed by atoms with Gasteiger partial charge in [-0.15, -0.1) is 0 Å². The summed E-state index contributed by atoms with van der Waals surface area (Å²) in [5.41, 5.74) is 0.979. The van der Waals surface area contributed by atoms with Gasteiger partial charge >= 0.3 is 0 Å². The Hall–Kier alpha value is -2.72. The van der Waals surface area contributed by atoms with E-state index in [1.165, 1.54) is 0 Å². The highest BCUT2D eigenvalue weighted by Gasteiger charge is 2.38. The Morgan fingerprint density at radius 2 is 1.50 bits per heavy atom. The third-order valence-corrected chi connectivity index (χ3v) is 7.49. The quantitative estimate of drug-likeness (QED) is 0.164. The first-order chi connectivity index (χ1) is 19.2. The highest BCUT2D eigenvalue weighted by molar-refractivity contribution is 5.78. The van der Waals surface area contributed by atoms with Crippen LogP contribution in [0.1, 0.15) is 63.6 Å². The Morgan fingerprint density at radius 3 is 2.02 bits per heavy atom. The number of ether oxygens (including phenoxy) is 1. The third kappa shape index (κ3) is 7.51. The molecule has 222 valence electrons. The lowest BCUT2D eigenvalue weighted by atomic mass is 9.82. The zero-order valence-electron chi connectivity index (χ0n) is 24.6. The average molecular weight is 557 g/mol. The molecule has 2 aromatic carbocycles. The van der Waals surface area contributed by atoms with E-state index in [0.717, 1.165) is 39.8 Å². The predicted octanol–water partition coefficient (Wildman–Crippen LogP) is 4.30. The van der Waals surface area contributed by atoms with Crippen LogP contribution in [0.15, 0.2) is 59.7 Å². The van der Waals surface area contributed by atoms with Crippen LogP contribution in [0, 0.1) is 0 Å². The van der Waals surface area contributed by atoms with Crippen molar-refractivity contribution in [3.05, 3.63) is 72.0 Å². The molecule has 8 heteroatoms. The number of likely N-dealkylation sites (N-methyl/N-ethyl adjacent to an activating group) is 2. The van der Waals surface area contributed by atoms with Gasteiger partial charge in [-0.2, -0.15) is 0 Å². The molecule has 0 aliphatic heterocycles. The lowest BCUT2D eigenvalue weighted by molar-refractivity contribution is -0.0297. The minimum absolute atomic E-state index is 0.110. The first-order valence-electron chi connectivity index (χ1n) is 14.1. The molecular formula is C32H48N2O6. The minimum Gasteiger partial charge on any atom is -0.496 e. The summed E-state index contributed by atoms with van der Waals surface area (Å²) < 4.78 is 10.6. The number of benzene rings is 2. The molecule has 0 aliphatic rings. The van der Waals surface area contributed by atoms with Gasteiger partial charge in [-0.1, -0.05) is 58.9 Å². The Labute approximate surface area is 238 Å². The summed E-state index contributed by atoms with van der Waals surface area (Å²) >= 11 is 0. The molecule has 1 heterocycles. The van der Waals surface area contributed by atoms with Crippen LogP contribution in [0.25, 0.3) is 17.0 Å². The highest BCUT2D eigenvalue weighted by Crippen LogP contribution is 2.34. The lowest BCUT2D eigenvalue weighted by Gasteiger charge is -2.36. The summed E-state index contributed by atoms with van der Waals surface area (Å²) in [7, 11) is 1.61. The molecule has 6 N–H and O–H groups in total. The molecular weight excluding hydrogens is 508 g/mol. The number of methoxy groups -OCH3 is 1. The number of rotatable bonds is 15. The number of aliphatic hydroxyl groups excluding tert-OH is 2. The fourth-order valence-corrected chi connectivity index (χ4v) is 5.21. The van der Waals surface area contributed by atoms with Crippen molar-refractivity contribution in [2.24, 2.45) is 0 Å². The largest absolute Gasteiger partial charge is 0.496 e. The summed E-state index contributed by atoms with van der Waals surface area (Å²) in [6.45, 7) is 12.8. The van der Waals surface area contributed by atoms with Crippen molar-refractivity contribution in [2.45, 2.75) is 70.2 Å². The van der Waals surface area contributed by atoms with Gasteiger partial charge in [0.15, 0.2) is 0 Å². The Morgan fingerprint density at radius 1 is 0.900 bits per heavy atom. The summed E-state index contributed by atoms with van der Waals surface area (Å²) in [6.07, 6.45) is 5.24. The molecule has 4 unspecified atom stereocenters. The SMILES string of the molecule is C=Cc1cc(C(O)(CCC)C(CO)NCC)ccc1OC.CCNC(CO)C(O)(CC)c1ccc2occc2c1. The van der Waals surface area contributed by atoms with Gasteiger partial charge in [-0.05, 0) is 67.4 Å². The van der Waals surface area contributed by atoms with Crippen LogP contribution < -0.4 is 15.4 Å². The van der Waals surface area contributed by atoms with Gasteiger partial charge in [0, 0.05) is 10.9 Å². The van der Waals surface area contributed by atoms with Crippen LogP contribution in [-0.2, 0) is 11.2 Å². The Kier molecular flexibility index (Phi) is 13.3. The number of furan rings is 1. The zero-order valence-corrected chi connectivity index (χ0v) is 24.6. The monoisotopic (exact) mass is 556 g/mol. The van der Waals surface area contributed by atoms with Crippen molar-refractivity contribution in [3.63, 3.8) is 0 Å². The van der Waals surface area contributed by atoms with E-state index in [2.05, 4.69) is 17.2 Å². The van der Waals surface area contributed by atoms with Crippen LogP contribution >= 0.6 is 0 Å². The molecule has 0 amide bonds. The Bertz CT molecular complexity index is 1180. The molecule has 0 saturated heterocycles. The smallest absolute Gasteiger partial charge is 0.133 e. The molecule has 0 radical (unpaired) electrons. The third-order valence-electron chi connectivity index (χ3n) is 7.49. The minimum atomic E-state index is -1.12. The van der Waals surface area contributed by atoms with E-state index >= 15 is 0 Å². The van der Waals surface area contributed by atoms with Crippen molar-refractivity contribution in [3.8, 4) is 5.75 Å². The number of hydrogen-bond acceptors (Lipinski definition) is 8. The van der Waals surface area contributed by atoms with E-state index in [1.807, 2.05) is 70.2 Å². The van der Waals surface area contributed by atoms with Crippen LogP contribution in [0.5, 0.6) is 5.75 Å². The second-order valence-electron chi connectivity index (χ2n) is 9.87. The van der Waals surface area contributed by atoms with E-state index in [4.69, 9.17) is 9.15 Å². The van der Waals surface area contributed by atoms with Crippen molar-refractivity contribution >= 4 is 17.0 Å². The summed E-state index contributed by atoms with van der Waals surface area (Å²) in [5.74, 6) is 0.719. The summed E-state index contributed by atoms with van der Waals surface area (Å²) in [6, 6.07) is 12.3. The Balaban J connectivity index is 0.000000281. The maximum Gasteiger partial charge on any atom is 0.133 e. The van der Waals surface area contributed by atoms with E-state index in [0.29, 0.717) is 25.9 Å². The normalized spacial score (nSPS) is 15.8. The number of aliphatic hydroxyl groups is 4. The molecule has 4 atom stereocenters. The van der Waals surface area contributed by atoms with Crippen molar-refractivity contribution in [2.75, 3.05) is 33.4 Å².